The summed E-state index contributed by atoms with van der Waals surface area (Å²) in [5.41, 5.74) is 5.52. The molecule has 2 N–H and O–H groups in total. The van der Waals surface area contributed by atoms with Gasteiger partial charge in [-0.1, -0.05) is 13.8 Å². The second kappa shape index (κ2) is 4.58. The fourth-order valence-corrected chi connectivity index (χ4v) is 2.31. The summed E-state index contributed by atoms with van der Waals surface area (Å²) in [4.78, 5) is 5.56. The summed E-state index contributed by atoms with van der Waals surface area (Å²) >= 11 is 1.75. The summed E-state index contributed by atoms with van der Waals surface area (Å²) in [5.74, 6) is 0.635. The van der Waals surface area contributed by atoms with Gasteiger partial charge in [0.25, 0.3) is 0 Å². The van der Waals surface area contributed by atoms with Crippen LogP contribution in [-0.4, -0.2) is 4.98 Å². The van der Waals surface area contributed by atoms with Crippen LogP contribution in [0.5, 0.6) is 0 Å². The molecule has 3 heteroatoms. The SMILES string of the molecule is CCC(CC)c1ncc(CN)s1. The normalized spacial score (nSPS) is 11.0. The van der Waals surface area contributed by atoms with Crippen molar-refractivity contribution in [1.82, 2.24) is 4.98 Å². The molecule has 0 atom stereocenters. The third-order valence-electron chi connectivity index (χ3n) is 2.11. The van der Waals surface area contributed by atoms with Crippen LogP contribution in [0.3, 0.4) is 0 Å². The van der Waals surface area contributed by atoms with E-state index in [2.05, 4.69) is 18.8 Å². The van der Waals surface area contributed by atoms with E-state index in [0.29, 0.717) is 12.5 Å². The zero-order chi connectivity index (χ0) is 8.97. The molecule has 0 saturated carbocycles. The van der Waals surface area contributed by atoms with E-state index in [1.807, 2.05) is 6.20 Å². The second-order valence-electron chi connectivity index (χ2n) is 2.88. The lowest BCUT2D eigenvalue weighted by Crippen LogP contribution is -1.93. The first-order chi connectivity index (χ1) is 5.81. The molecule has 0 bridgehead atoms. The summed E-state index contributed by atoms with van der Waals surface area (Å²) < 4.78 is 0. The number of aromatic nitrogens is 1. The Labute approximate surface area is 77.8 Å². The molecule has 0 aliphatic carbocycles. The lowest BCUT2D eigenvalue weighted by Gasteiger charge is -2.06. The molecule has 1 heterocycles. The van der Waals surface area contributed by atoms with Crippen LogP contribution >= 0.6 is 11.3 Å². The molecule has 0 unspecified atom stereocenters. The summed E-state index contributed by atoms with van der Waals surface area (Å²) in [5, 5.41) is 1.25. The van der Waals surface area contributed by atoms with Crippen molar-refractivity contribution in [1.29, 1.82) is 0 Å². The van der Waals surface area contributed by atoms with Gasteiger partial charge in [-0.25, -0.2) is 4.98 Å². The molecule has 1 rings (SSSR count). The first kappa shape index (κ1) is 9.68. The molecule has 2 nitrogen and oxygen atoms in total. The molecule has 12 heavy (non-hydrogen) atoms. The van der Waals surface area contributed by atoms with Crippen molar-refractivity contribution in [2.45, 2.75) is 39.2 Å². The topological polar surface area (TPSA) is 38.9 Å². The van der Waals surface area contributed by atoms with E-state index >= 15 is 0 Å². The van der Waals surface area contributed by atoms with Gasteiger partial charge in [-0.3, -0.25) is 0 Å². The third-order valence-corrected chi connectivity index (χ3v) is 3.29. The van der Waals surface area contributed by atoms with Gasteiger partial charge in [0.2, 0.25) is 0 Å². The van der Waals surface area contributed by atoms with Gasteiger partial charge < -0.3 is 5.73 Å². The third kappa shape index (κ3) is 2.05. The molecule has 0 aliphatic rings. The first-order valence-electron chi connectivity index (χ1n) is 4.46. The zero-order valence-corrected chi connectivity index (χ0v) is 8.53. The molecule has 0 spiro atoms. The fraction of sp³-hybridized carbons (Fsp3) is 0.667. The molecular formula is C9H16N2S. The van der Waals surface area contributed by atoms with Crippen molar-refractivity contribution < 1.29 is 0 Å². The minimum Gasteiger partial charge on any atom is -0.326 e. The van der Waals surface area contributed by atoms with Gasteiger partial charge in [0, 0.05) is 23.5 Å². The van der Waals surface area contributed by atoms with Gasteiger partial charge in [-0.05, 0) is 12.8 Å². The molecule has 0 radical (unpaired) electrons. The van der Waals surface area contributed by atoms with Gasteiger partial charge in [0.1, 0.15) is 0 Å². The van der Waals surface area contributed by atoms with Crippen LogP contribution in [0.4, 0.5) is 0 Å². The molecule has 0 aliphatic heterocycles. The lowest BCUT2D eigenvalue weighted by molar-refractivity contribution is 0.637. The van der Waals surface area contributed by atoms with Crippen LogP contribution in [-0.2, 0) is 6.54 Å². The van der Waals surface area contributed by atoms with Crippen molar-refractivity contribution in [3.05, 3.63) is 16.1 Å². The Hall–Kier alpha value is -0.410. The number of rotatable bonds is 4. The molecule has 68 valence electrons. The number of thiazole rings is 1. The van der Waals surface area contributed by atoms with Crippen LogP contribution < -0.4 is 5.73 Å². The summed E-state index contributed by atoms with van der Waals surface area (Å²) in [7, 11) is 0. The Morgan fingerprint density at radius 1 is 1.50 bits per heavy atom. The maximum atomic E-state index is 5.52. The van der Waals surface area contributed by atoms with Crippen LogP contribution in [0.2, 0.25) is 0 Å². The van der Waals surface area contributed by atoms with E-state index in [1.54, 1.807) is 11.3 Å². The first-order valence-corrected chi connectivity index (χ1v) is 5.28. The smallest absolute Gasteiger partial charge is 0.0958 e. The van der Waals surface area contributed by atoms with Crippen LogP contribution in [0, 0.1) is 0 Å². The van der Waals surface area contributed by atoms with Gasteiger partial charge >= 0.3 is 0 Å². The molecule has 1 aromatic heterocycles. The molecule has 0 amide bonds. The Bertz CT molecular complexity index is 228. The van der Waals surface area contributed by atoms with E-state index in [4.69, 9.17) is 5.73 Å². The number of hydrogen-bond donors (Lipinski definition) is 1. The van der Waals surface area contributed by atoms with Crippen molar-refractivity contribution in [3.63, 3.8) is 0 Å². The van der Waals surface area contributed by atoms with Crippen LogP contribution in [0.15, 0.2) is 6.20 Å². The number of hydrogen-bond acceptors (Lipinski definition) is 3. The maximum Gasteiger partial charge on any atom is 0.0958 e. The van der Waals surface area contributed by atoms with Crippen molar-refractivity contribution in [2.24, 2.45) is 5.73 Å². The van der Waals surface area contributed by atoms with Gasteiger partial charge in [-0.15, -0.1) is 11.3 Å². The average molecular weight is 184 g/mol. The highest BCUT2D eigenvalue weighted by atomic mass is 32.1. The predicted octanol–water partition coefficient (Wildman–Crippen LogP) is 2.51. The van der Waals surface area contributed by atoms with E-state index in [1.165, 1.54) is 22.7 Å². The van der Waals surface area contributed by atoms with E-state index in [9.17, 15) is 0 Å². The fourth-order valence-electron chi connectivity index (χ4n) is 1.24. The monoisotopic (exact) mass is 184 g/mol. The van der Waals surface area contributed by atoms with Crippen molar-refractivity contribution in [3.8, 4) is 0 Å². The van der Waals surface area contributed by atoms with Gasteiger partial charge in [0.05, 0.1) is 5.01 Å². The number of nitrogens with zero attached hydrogens (tertiary/aromatic N) is 1. The van der Waals surface area contributed by atoms with Gasteiger partial charge in [-0.2, -0.15) is 0 Å². The molecule has 1 aromatic rings. The minimum absolute atomic E-state index is 0.623. The maximum absolute atomic E-state index is 5.52. The number of nitrogens with two attached hydrogens (primary N) is 1. The Morgan fingerprint density at radius 3 is 2.58 bits per heavy atom. The summed E-state index contributed by atoms with van der Waals surface area (Å²) in [6, 6.07) is 0. The molecular weight excluding hydrogens is 168 g/mol. The standard InChI is InChI=1S/C9H16N2S/c1-3-7(4-2)9-11-6-8(5-10)12-9/h6-7H,3-5,10H2,1-2H3. The summed E-state index contributed by atoms with van der Waals surface area (Å²) in [6.07, 6.45) is 4.25. The lowest BCUT2D eigenvalue weighted by atomic mass is 10.1. The van der Waals surface area contributed by atoms with E-state index < -0.39 is 0 Å². The Balaban J connectivity index is 2.72. The van der Waals surface area contributed by atoms with Gasteiger partial charge in [0.15, 0.2) is 0 Å². The minimum atomic E-state index is 0.623. The molecule has 0 saturated heterocycles. The zero-order valence-electron chi connectivity index (χ0n) is 7.71. The Morgan fingerprint density at radius 2 is 2.17 bits per heavy atom. The molecule has 0 fully saturated rings. The van der Waals surface area contributed by atoms with Crippen molar-refractivity contribution in [2.75, 3.05) is 0 Å². The predicted molar refractivity (Wildman–Crippen MR) is 53.3 cm³/mol. The van der Waals surface area contributed by atoms with Crippen LogP contribution in [0.25, 0.3) is 0 Å². The highest BCUT2D eigenvalue weighted by Gasteiger charge is 2.10. The quantitative estimate of drug-likeness (QED) is 0.781. The van der Waals surface area contributed by atoms with Crippen molar-refractivity contribution >= 4 is 11.3 Å². The highest BCUT2D eigenvalue weighted by molar-refractivity contribution is 7.11. The van der Waals surface area contributed by atoms with E-state index in [0.717, 1.165) is 0 Å². The second-order valence-corrected chi connectivity index (χ2v) is 4.03. The molecule has 0 aromatic carbocycles. The van der Waals surface area contributed by atoms with E-state index in [-0.39, 0.29) is 0 Å². The summed E-state index contributed by atoms with van der Waals surface area (Å²) in [6.45, 7) is 5.03. The van der Waals surface area contributed by atoms with Crippen LogP contribution in [0.1, 0.15) is 42.5 Å². The average Bonchev–Trinajstić information content (AvgIpc) is 2.55. The highest BCUT2D eigenvalue weighted by Crippen LogP contribution is 2.26. The Kier molecular flexibility index (Phi) is 3.69. The largest absolute Gasteiger partial charge is 0.326 e.